The van der Waals surface area contributed by atoms with E-state index in [1.54, 1.807) is 22.7 Å². The van der Waals surface area contributed by atoms with E-state index in [9.17, 15) is 15.8 Å². The number of para-hydroxylation sites is 6. The topological polar surface area (TPSA) is 168 Å². The van der Waals surface area contributed by atoms with Crippen LogP contribution in [0.4, 0.5) is 0 Å². The normalized spacial score (nSPS) is 11.6. The molecule has 0 unspecified atom stereocenters. The maximum absolute atomic E-state index is 9.95. The molecule has 126 heavy (non-hydrogen) atoms. The Morgan fingerprint density at radius 1 is 0.190 bits per heavy atom. The lowest BCUT2D eigenvalue weighted by Crippen LogP contribution is -2.01. The molecular weight excluding hydrogens is 1580 g/mol. The van der Waals surface area contributed by atoms with Crippen LogP contribution in [-0.4, -0.2) is 48.2 Å². The van der Waals surface area contributed by atoms with E-state index in [0.29, 0.717) is 51.6 Å². The molecule has 25 rings (SSSR count). The standard InChI is InChI=1S/C59H33N7S.C52H30N6S/c60-34-36-25-27-52-47(29-36)43-19-7-9-22-50(43)65(52)42-32-46(40-17-11-18-41(31-40)59-63-57(38-13-3-1-4-14-38)62-58(64-59)39-15-5-2-6-16-39)55-49(33-42)45-21-12-24-54(56(45)67-55)66-51-23-10-8-20-44(51)48-30-37(35-61)26-28-53(48)66;53-31-32-25-27-34(28-26-32)51-54-50(33-13-2-1-3-14-33)55-52(56-51)42-30-35(57-43-20-8-4-15-36(43)37-16-5-9-21-44(37)57)29-41-40-19-12-24-47(49(40)59-48(41)42)58-45-22-10-6-17-38(45)39-18-7-11-23-46(39)58/h1-33H;1-30H. The minimum absolute atomic E-state index is 0.542. The van der Waals surface area contributed by atoms with Crippen molar-refractivity contribution in [2.75, 3.05) is 0 Å². The van der Waals surface area contributed by atoms with Crippen LogP contribution in [0.25, 0.3) is 230 Å². The second-order valence-electron chi connectivity index (χ2n) is 31.4. The summed E-state index contributed by atoms with van der Waals surface area (Å²) in [7, 11) is 0. The molecular formula is C111H63N13S2. The molecule has 17 aromatic carbocycles. The van der Waals surface area contributed by atoms with Crippen LogP contribution >= 0.6 is 22.7 Å². The molecule has 0 aliphatic carbocycles. The van der Waals surface area contributed by atoms with Crippen LogP contribution in [-0.2, 0) is 0 Å². The number of fused-ring (bicyclic) bond motifs is 18. The largest absolute Gasteiger partial charge is 0.309 e. The van der Waals surface area contributed by atoms with Crippen LogP contribution in [0.3, 0.4) is 0 Å². The number of hydrogen-bond acceptors (Lipinski definition) is 11. The van der Waals surface area contributed by atoms with Gasteiger partial charge in [-0.3, -0.25) is 0 Å². The van der Waals surface area contributed by atoms with Gasteiger partial charge in [0.2, 0.25) is 0 Å². The predicted molar refractivity (Wildman–Crippen MR) is 515 cm³/mol. The van der Waals surface area contributed by atoms with Gasteiger partial charge >= 0.3 is 0 Å². The summed E-state index contributed by atoms with van der Waals surface area (Å²) in [5.41, 5.74) is 22.3. The Bertz CT molecular complexity index is 8800. The van der Waals surface area contributed by atoms with E-state index in [2.05, 4.69) is 279 Å². The van der Waals surface area contributed by atoms with E-state index < -0.39 is 0 Å². The maximum Gasteiger partial charge on any atom is 0.165 e. The van der Waals surface area contributed by atoms with Gasteiger partial charge in [-0.15, -0.1) is 22.7 Å². The van der Waals surface area contributed by atoms with E-state index in [4.69, 9.17) is 29.9 Å². The first kappa shape index (κ1) is 72.8. The van der Waals surface area contributed by atoms with E-state index in [1.165, 1.54) is 37.3 Å². The summed E-state index contributed by atoms with van der Waals surface area (Å²) in [5, 5.41) is 43.1. The zero-order valence-corrected chi connectivity index (χ0v) is 68.6. The Morgan fingerprint density at radius 2 is 0.484 bits per heavy atom. The second-order valence-corrected chi connectivity index (χ2v) is 33.4. The molecule has 0 radical (unpaired) electrons. The smallest absolute Gasteiger partial charge is 0.165 e. The van der Waals surface area contributed by atoms with Crippen molar-refractivity contribution in [2.24, 2.45) is 0 Å². The van der Waals surface area contributed by atoms with Gasteiger partial charge in [-0.2, -0.15) is 15.8 Å². The Morgan fingerprint density at radius 3 is 0.897 bits per heavy atom. The Kier molecular flexibility index (Phi) is 17.1. The van der Waals surface area contributed by atoms with Crippen molar-refractivity contribution in [1.82, 2.24) is 48.2 Å². The number of thiophene rings is 2. The van der Waals surface area contributed by atoms with Crippen molar-refractivity contribution < 1.29 is 0 Å². The SMILES string of the molecule is N#Cc1ccc(-c2nc(-c3ccccc3)nc(-c3cc(-n4c5ccccc5c5ccccc54)cc4c3sc3c(-n5c6ccccc6c6ccccc65)cccc34)n2)cc1.N#Cc1ccc2c(c1)c1ccccc1n2-c1cc(-c2cccc(-c3nc(-c4ccccc4)nc(-c4ccccc4)n3)c2)c2sc3c(-n4c5ccccc5c5cc(C#N)ccc54)cccc3c2c1. The third kappa shape index (κ3) is 11.9. The molecule has 584 valence electrons. The third-order valence-electron chi connectivity index (χ3n) is 24.2. The van der Waals surface area contributed by atoms with Gasteiger partial charge in [-0.25, -0.2) is 29.9 Å². The minimum Gasteiger partial charge on any atom is -0.309 e. The monoisotopic (exact) mass is 1640 g/mol. The molecule has 0 aliphatic rings. The molecule has 0 N–H and O–H groups in total. The average molecular weight is 1640 g/mol. The molecule has 0 aliphatic heterocycles. The molecule has 0 amide bonds. The maximum atomic E-state index is 9.95. The van der Waals surface area contributed by atoms with Gasteiger partial charge in [0.1, 0.15) is 0 Å². The van der Waals surface area contributed by atoms with Crippen LogP contribution in [0.1, 0.15) is 16.7 Å². The van der Waals surface area contributed by atoms with E-state index in [0.717, 1.165) is 158 Å². The highest BCUT2D eigenvalue weighted by atomic mass is 32.1. The molecule has 0 saturated carbocycles. The highest BCUT2D eigenvalue weighted by Crippen LogP contribution is 2.50. The molecule has 0 spiro atoms. The second kappa shape index (κ2) is 29.6. The highest BCUT2D eigenvalue weighted by molar-refractivity contribution is 7.27. The summed E-state index contributed by atoms with van der Waals surface area (Å²) in [6.45, 7) is 0. The van der Waals surface area contributed by atoms with E-state index in [1.807, 2.05) is 140 Å². The third-order valence-corrected chi connectivity index (χ3v) is 26.8. The fourth-order valence-corrected chi connectivity index (χ4v) is 21.2. The molecule has 8 aromatic heterocycles. The van der Waals surface area contributed by atoms with E-state index >= 15 is 0 Å². The molecule has 13 nitrogen and oxygen atoms in total. The predicted octanol–water partition coefficient (Wildman–Crippen LogP) is 28.2. The number of aromatic nitrogens is 10. The van der Waals surface area contributed by atoms with Gasteiger partial charge in [-0.1, -0.05) is 243 Å². The summed E-state index contributed by atoms with van der Waals surface area (Å²) in [4.78, 5) is 30.7. The van der Waals surface area contributed by atoms with Gasteiger partial charge in [0.25, 0.3) is 0 Å². The van der Waals surface area contributed by atoms with Crippen LogP contribution < -0.4 is 0 Å². The van der Waals surface area contributed by atoms with Crippen LogP contribution in [0.5, 0.6) is 0 Å². The molecule has 0 bridgehead atoms. The molecule has 0 saturated heterocycles. The van der Waals surface area contributed by atoms with Gasteiger partial charge in [0.05, 0.1) is 99.8 Å². The fraction of sp³-hybridized carbons (Fsp3) is 0. The van der Waals surface area contributed by atoms with E-state index in [-0.39, 0.29) is 0 Å². The summed E-state index contributed by atoms with van der Waals surface area (Å²) in [5.74, 6) is 3.50. The molecule has 8 heterocycles. The van der Waals surface area contributed by atoms with Gasteiger partial charge < -0.3 is 18.3 Å². The summed E-state index contributed by atoms with van der Waals surface area (Å²) in [6, 6.07) is 139. The number of hydrogen-bond donors (Lipinski definition) is 0. The molecule has 0 fully saturated rings. The first-order valence-electron chi connectivity index (χ1n) is 41.5. The summed E-state index contributed by atoms with van der Waals surface area (Å²) < 4.78 is 14.0. The Hall–Kier alpha value is -17.1. The van der Waals surface area contributed by atoms with Crippen LogP contribution in [0.2, 0.25) is 0 Å². The van der Waals surface area contributed by atoms with Crippen LogP contribution in [0.15, 0.2) is 382 Å². The first-order valence-corrected chi connectivity index (χ1v) is 43.1. The highest BCUT2D eigenvalue weighted by Gasteiger charge is 2.27. The summed E-state index contributed by atoms with van der Waals surface area (Å²) >= 11 is 3.57. The fourth-order valence-electron chi connectivity index (χ4n) is 18.5. The van der Waals surface area contributed by atoms with Gasteiger partial charge in [0.15, 0.2) is 34.9 Å². The Labute approximate surface area is 728 Å². The van der Waals surface area contributed by atoms with Crippen molar-refractivity contribution in [1.29, 1.82) is 15.8 Å². The summed E-state index contributed by atoms with van der Waals surface area (Å²) in [6.07, 6.45) is 0. The number of nitriles is 3. The van der Waals surface area contributed by atoms with Crippen molar-refractivity contribution in [3.63, 3.8) is 0 Å². The zero-order chi connectivity index (χ0) is 83.6. The van der Waals surface area contributed by atoms with Gasteiger partial charge in [-0.05, 0) is 145 Å². The number of benzene rings is 17. The molecule has 0 atom stereocenters. The van der Waals surface area contributed by atoms with Crippen molar-refractivity contribution in [3.05, 3.63) is 399 Å². The first-order chi connectivity index (χ1) is 62.3. The van der Waals surface area contributed by atoms with Crippen molar-refractivity contribution >= 4 is 150 Å². The van der Waals surface area contributed by atoms with Crippen molar-refractivity contribution in [2.45, 2.75) is 0 Å². The lowest BCUT2D eigenvalue weighted by molar-refractivity contribution is 1.07. The lowest BCUT2D eigenvalue weighted by Gasteiger charge is -2.13. The van der Waals surface area contributed by atoms with Gasteiger partial charge in [0, 0.05) is 124 Å². The number of rotatable bonds is 11. The van der Waals surface area contributed by atoms with Crippen LogP contribution in [0, 0.1) is 34.0 Å². The minimum atomic E-state index is 0.542. The Balaban J connectivity index is 0.000000142. The van der Waals surface area contributed by atoms with Crippen molar-refractivity contribution in [3.8, 4) is 120 Å². The lowest BCUT2D eigenvalue weighted by atomic mass is 9.99. The number of nitrogens with zero attached hydrogens (tertiary/aromatic N) is 13. The zero-order valence-electron chi connectivity index (χ0n) is 67.0. The average Bonchev–Trinajstić information content (AvgIpc) is 1.56. The molecule has 25 aromatic rings. The molecule has 15 heteroatoms. The quantitative estimate of drug-likeness (QED) is 0.122.